The van der Waals surface area contributed by atoms with Crippen molar-refractivity contribution in [1.82, 2.24) is 10.2 Å². The summed E-state index contributed by atoms with van der Waals surface area (Å²) in [5, 5.41) is 11.9. The van der Waals surface area contributed by atoms with Gasteiger partial charge in [-0.1, -0.05) is 12.1 Å². The molecule has 8 heteroatoms. The maximum absolute atomic E-state index is 13.1. The number of halogens is 1. The van der Waals surface area contributed by atoms with E-state index in [9.17, 15) is 23.9 Å². The first-order chi connectivity index (χ1) is 12.7. The molecule has 144 valence electrons. The van der Waals surface area contributed by atoms with Crippen LogP contribution >= 0.6 is 11.3 Å². The van der Waals surface area contributed by atoms with E-state index in [2.05, 4.69) is 5.32 Å². The number of aryl methyl sites for hydroxylation is 1. The van der Waals surface area contributed by atoms with Gasteiger partial charge < -0.3 is 15.3 Å². The zero-order valence-corrected chi connectivity index (χ0v) is 16.1. The summed E-state index contributed by atoms with van der Waals surface area (Å²) in [6, 6.07) is 6.61. The lowest BCUT2D eigenvalue weighted by Crippen LogP contribution is -2.46. The molecule has 0 saturated heterocycles. The molecule has 1 unspecified atom stereocenters. The van der Waals surface area contributed by atoms with Crippen LogP contribution in [0.15, 0.2) is 30.3 Å². The van der Waals surface area contributed by atoms with E-state index in [1.165, 1.54) is 42.2 Å². The summed E-state index contributed by atoms with van der Waals surface area (Å²) in [6.45, 7) is 4.87. The number of nitrogens with one attached hydrogen (secondary N) is 1. The van der Waals surface area contributed by atoms with Gasteiger partial charge in [0.25, 0.3) is 5.91 Å². The van der Waals surface area contributed by atoms with Crippen LogP contribution in [-0.4, -0.2) is 46.9 Å². The van der Waals surface area contributed by atoms with Crippen molar-refractivity contribution in [2.45, 2.75) is 26.8 Å². The van der Waals surface area contributed by atoms with Crippen molar-refractivity contribution in [2.75, 3.05) is 13.1 Å². The van der Waals surface area contributed by atoms with Crippen LogP contribution in [0.4, 0.5) is 4.39 Å². The number of thiophene rings is 1. The topological polar surface area (TPSA) is 86.7 Å². The van der Waals surface area contributed by atoms with Crippen molar-refractivity contribution < 1.29 is 23.9 Å². The highest BCUT2D eigenvalue weighted by Gasteiger charge is 2.28. The van der Waals surface area contributed by atoms with Crippen LogP contribution in [0.25, 0.3) is 11.1 Å². The van der Waals surface area contributed by atoms with Crippen LogP contribution < -0.4 is 5.32 Å². The number of carbonyl (C=O) groups excluding carboxylic acids is 2. The molecule has 2 amide bonds. The van der Waals surface area contributed by atoms with Gasteiger partial charge in [0.2, 0.25) is 5.91 Å². The maximum Gasteiger partial charge on any atom is 0.326 e. The summed E-state index contributed by atoms with van der Waals surface area (Å²) in [5.74, 6) is -2.15. The van der Waals surface area contributed by atoms with Crippen molar-refractivity contribution >= 4 is 29.1 Å². The van der Waals surface area contributed by atoms with Crippen LogP contribution in [0, 0.1) is 12.7 Å². The molecule has 0 saturated carbocycles. The summed E-state index contributed by atoms with van der Waals surface area (Å²) in [7, 11) is 0. The van der Waals surface area contributed by atoms with Gasteiger partial charge in [0.05, 0.1) is 4.88 Å². The van der Waals surface area contributed by atoms with Crippen molar-refractivity contribution in [2.24, 2.45) is 0 Å². The number of carboxylic acids is 1. The quantitative estimate of drug-likeness (QED) is 0.759. The minimum absolute atomic E-state index is 0.0781. The number of benzene rings is 1. The number of aliphatic carboxylic acids is 1. The van der Waals surface area contributed by atoms with E-state index in [1.807, 2.05) is 6.92 Å². The molecule has 2 N–H and O–H groups in total. The molecule has 0 bridgehead atoms. The van der Waals surface area contributed by atoms with Crippen molar-refractivity contribution in [3.63, 3.8) is 0 Å². The number of nitrogens with zero attached hydrogens (tertiary/aromatic N) is 1. The second-order valence-electron chi connectivity index (χ2n) is 6.08. The SMILES string of the molecule is CC(=O)NCCN(C(=O)c1cc(-c2ccc(F)cc2)c(C)s1)C(C)C(=O)O. The first-order valence-electron chi connectivity index (χ1n) is 8.35. The second-order valence-corrected chi connectivity index (χ2v) is 7.34. The molecule has 1 aromatic carbocycles. The highest BCUT2D eigenvalue weighted by atomic mass is 32.1. The summed E-state index contributed by atoms with van der Waals surface area (Å²) < 4.78 is 13.1. The van der Waals surface area contributed by atoms with Gasteiger partial charge >= 0.3 is 5.97 Å². The Bertz CT molecular complexity index is 848. The van der Waals surface area contributed by atoms with Gasteiger partial charge in [0, 0.05) is 24.9 Å². The Morgan fingerprint density at radius 2 is 1.89 bits per heavy atom. The van der Waals surface area contributed by atoms with Crippen LogP contribution in [0.1, 0.15) is 28.4 Å². The Kier molecular flexibility index (Phi) is 6.68. The van der Waals surface area contributed by atoms with E-state index in [-0.39, 0.29) is 24.8 Å². The maximum atomic E-state index is 13.1. The van der Waals surface area contributed by atoms with Crippen LogP contribution in [0.3, 0.4) is 0 Å². The first-order valence-corrected chi connectivity index (χ1v) is 9.17. The van der Waals surface area contributed by atoms with Gasteiger partial charge in [-0.2, -0.15) is 0 Å². The predicted octanol–water partition coefficient (Wildman–Crippen LogP) is 2.91. The number of carbonyl (C=O) groups is 3. The average Bonchev–Trinajstić information content (AvgIpc) is 3.00. The summed E-state index contributed by atoms with van der Waals surface area (Å²) >= 11 is 1.25. The monoisotopic (exact) mass is 392 g/mol. The minimum Gasteiger partial charge on any atom is -0.480 e. The molecule has 0 aliphatic carbocycles. The van der Waals surface area contributed by atoms with Crippen molar-refractivity contribution in [3.8, 4) is 11.1 Å². The molecule has 1 aromatic heterocycles. The van der Waals surface area contributed by atoms with E-state index in [1.54, 1.807) is 18.2 Å². The largest absolute Gasteiger partial charge is 0.480 e. The fraction of sp³-hybridized carbons (Fsp3) is 0.316. The van der Waals surface area contributed by atoms with Crippen LogP contribution in [0.5, 0.6) is 0 Å². The number of amides is 2. The molecule has 1 atom stereocenters. The van der Waals surface area contributed by atoms with Crippen molar-refractivity contribution in [1.29, 1.82) is 0 Å². The molecular weight excluding hydrogens is 371 g/mol. The van der Waals surface area contributed by atoms with Crippen LogP contribution in [-0.2, 0) is 9.59 Å². The Balaban J connectivity index is 2.28. The Hall–Kier alpha value is -2.74. The Morgan fingerprint density at radius 3 is 2.44 bits per heavy atom. The number of rotatable bonds is 7. The van der Waals surface area contributed by atoms with E-state index >= 15 is 0 Å². The van der Waals surface area contributed by atoms with E-state index < -0.39 is 17.9 Å². The molecule has 0 aliphatic heterocycles. The molecule has 2 aromatic rings. The third-order valence-corrected chi connectivity index (χ3v) is 5.13. The average molecular weight is 392 g/mol. The normalized spacial score (nSPS) is 11.7. The molecule has 0 radical (unpaired) electrons. The molecule has 2 rings (SSSR count). The lowest BCUT2D eigenvalue weighted by atomic mass is 10.1. The highest BCUT2D eigenvalue weighted by molar-refractivity contribution is 7.14. The highest BCUT2D eigenvalue weighted by Crippen LogP contribution is 2.32. The Labute approximate surface area is 160 Å². The summed E-state index contributed by atoms with van der Waals surface area (Å²) in [4.78, 5) is 37.8. The van der Waals surface area contributed by atoms with E-state index in [4.69, 9.17) is 0 Å². The van der Waals surface area contributed by atoms with Gasteiger partial charge in [-0.15, -0.1) is 11.3 Å². The van der Waals surface area contributed by atoms with E-state index in [0.717, 1.165) is 16.0 Å². The first kappa shape index (κ1) is 20.6. The smallest absolute Gasteiger partial charge is 0.326 e. The number of carboxylic acid groups (broad SMARTS) is 1. The third-order valence-electron chi connectivity index (χ3n) is 4.10. The molecule has 1 heterocycles. The zero-order chi connectivity index (χ0) is 20.1. The van der Waals surface area contributed by atoms with Gasteiger partial charge in [-0.25, -0.2) is 9.18 Å². The molecule has 27 heavy (non-hydrogen) atoms. The molecular formula is C19H21FN2O4S. The third kappa shape index (κ3) is 5.13. The van der Waals surface area contributed by atoms with Gasteiger partial charge in [-0.05, 0) is 43.2 Å². The molecule has 6 nitrogen and oxygen atoms in total. The predicted molar refractivity (Wildman–Crippen MR) is 101 cm³/mol. The standard InChI is InChI=1S/C19H21FN2O4S/c1-11(19(25)26)22(9-8-21-13(3)23)18(24)17-10-16(12(2)27-17)14-4-6-15(20)7-5-14/h4-7,10-11H,8-9H2,1-3H3,(H,21,23)(H,25,26). The fourth-order valence-electron chi connectivity index (χ4n) is 2.60. The fourth-order valence-corrected chi connectivity index (χ4v) is 3.60. The lowest BCUT2D eigenvalue weighted by molar-refractivity contribution is -0.141. The van der Waals surface area contributed by atoms with Gasteiger partial charge in [0.1, 0.15) is 11.9 Å². The van der Waals surface area contributed by atoms with Crippen LogP contribution in [0.2, 0.25) is 0 Å². The lowest BCUT2D eigenvalue weighted by Gasteiger charge is -2.26. The number of hydrogen-bond donors (Lipinski definition) is 2. The van der Waals surface area contributed by atoms with Crippen molar-refractivity contribution in [3.05, 3.63) is 45.9 Å². The van der Waals surface area contributed by atoms with Gasteiger partial charge in [-0.3, -0.25) is 9.59 Å². The summed E-state index contributed by atoms with van der Waals surface area (Å²) in [6.07, 6.45) is 0. The minimum atomic E-state index is -1.13. The second kappa shape index (κ2) is 8.77. The number of hydrogen-bond acceptors (Lipinski definition) is 4. The van der Waals surface area contributed by atoms with Gasteiger partial charge in [0.15, 0.2) is 0 Å². The molecule has 0 aliphatic rings. The Morgan fingerprint density at radius 1 is 1.26 bits per heavy atom. The van der Waals surface area contributed by atoms with E-state index in [0.29, 0.717) is 4.88 Å². The summed E-state index contributed by atoms with van der Waals surface area (Å²) in [5.41, 5.74) is 1.58. The molecule has 0 spiro atoms. The zero-order valence-electron chi connectivity index (χ0n) is 15.3. The molecule has 0 fully saturated rings.